The van der Waals surface area contributed by atoms with Gasteiger partial charge in [0.2, 0.25) is 0 Å². The maximum absolute atomic E-state index is 2.75. The van der Waals surface area contributed by atoms with E-state index in [-0.39, 0.29) is 0 Å². The molecule has 0 fully saturated rings. The van der Waals surface area contributed by atoms with Gasteiger partial charge in [0.1, 0.15) is 0 Å². The molecule has 0 aliphatic rings. The Hall–Kier alpha value is -0.0400. The van der Waals surface area contributed by atoms with Crippen molar-refractivity contribution in [2.45, 2.75) is 54.4 Å². The summed E-state index contributed by atoms with van der Waals surface area (Å²) in [5.74, 6) is 0. The Morgan fingerprint density at radius 1 is 0.727 bits per heavy atom. The van der Waals surface area contributed by atoms with Gasteiger partial charge in [0.15, 0.2) is 0 Å². The molecule has 0 bridgehead atoms. The van der Waals surface area contributed by atoms with Crippen molar-refractivity contribution in [1.29, 1.82) is 0 Å². The Morgan fingerprint density at radius 3 is 0.727 bits per heavy atom. The van der Waals surface area contributed by atoms with Crippen LogP contribution >= 0.6 is 0 Å². The zero-order chi connectivity index (χ0) is 10.1. The van der Waals surface area contributed by atoms with Crippen LogP contribution in [0.3, 0.4) is 0 Å². The predicted molar refractivity (Wildman–Crippen MR) is 58.3 cm³/mol. The van der Waals surface area contributed by atoms with Gasteiger partial charge in [-0.15, -0.1) is 0 Å². The molecule has 0 unspecified atom stereocenters. The SMILES string of the molecule is CC.CCC.CCC.CNC. The van der Waals surface area contributed by atoms with Gasteiger partial charge in [0, 0.05) is 0 Å². The summed E-state index contributed by atoms with van der Waals surface area (Å²) in [6, 6.07) is 0. The van der Waals surface area contributed by atoms with Gasteiger partial charge < -0.3 is 5.32 Å². The summed E-state index contributed by atoms with van der Waals surface area (Å²) in [5, 5.41) is 2.75. The summed E-state index contributed by atoms with van der Waals surface area (Å²) in [5.41, 5.74) is 0. The van der Waals surface area contributed by atoms with Gasteiger partial charge in [-0.25, -0.2) is 0 Å². The lowest BCUT2D eigenvalue weighted by atomic mass is 10.6. The topological polar surface area (TPSA) is 12.0 Å². The van der Waals surface area contributed by atoms with Crippen LogP contribution in [0.15, 0.2) is 0 Å². The van der Waals surface area contributed by atoms with E-state index in [0.29, 0.717) is 0 Å². The van der Waals surface area contributed by atoms with Crippen LogP contribution in [0.5, 0.6) is 0 Å². The maximum Gasteiger partial charge on any atom is -0.0167 e. The third-order valence-corrected chi connectivity index (χ3v) is 0. The first kappa shape index (κ1) is 22.4. The van der Waals surface area contributed by atoms with Gasteiger partial charge in [0.05, 0.1) is 0 Å². The van der Waals surface area contributed by atoms with Crippen LogP contribution < -0.4 is 5.32 Å². The molecule has 0 radical (unpaired) electrons. The van der Waals surface area contributed by atoms with E-state index in [1.165, 1.54) is 12.8 Å². The molecule has 0 saturated carbocycles. The highest BCUT2D eigenvalue weighted by Gasteiger charge is 1.36. The van der Waals surface area contributed by atoms with Crippen LogP contribution in [0.1, 0.15) is 54.4 Å². The number of hydrogen-bond acceptors (Lipinski definition) is 1. The van der Waals surface area contributed by atoms with Crippen molar-refractivity contribution < 1.29 is 0 Å². The zero-order valence-electron chi connectivity index (χ0n) is 9.91. The zero-order valence-corrected chi connectivity index (χ0v) is 9.91. The fraction of sp³-hybridized carbons (Fsp3) is 1.00. The molecule has 0 spiro atoms. The predicted octanol–water partition coefficient (Wildman–Crippen LogP) is 3.69. The molecule has 74 valence electrons. The van der Waals surface area contributed by atoms with Crippen LogP contribution in [0.25, 0.3) is 0 Å². The molecule has 1 N–H and O–H groups in total. The number of hydrogen-bond donors (Lipinski definition) is 1. The van der Waals surface area contributed by atoms with E-state index in [2.05, 4.69) is 33.0 Å². The smallest absolute Gasteiger partial charge is 0.0167 e. The van der Waals surface area contributed by atoms with E-state index in [1.54, 1.807) is 0 Å². The van der Waals surface area contributed by atoms with Crippen molar-refractivity contribution in [3.63, 3.8) is 0 Å². The second kappa shape index (κ2) is 91.3. The summed E-state index contributed by atoms with van der Waals surface area (Å²) >= 11 is 0. The summed E-state index contributed by atoms with van der Waals surface area (Å²) in [6.07, 6.45) is 2.50. The van der Waals surface area contributed by atoms with E-state index in [0.717, 1.165) is 0 Å². The second-order valence-corrected chi connectivity index (χ2v) is 1.91. The fourth-order valence-electron chi connectivity index (χ4n) is 0. The minimum atomic E-state index is 1.25. The first-order valence-electron chi connectivity index (χ1n) is 4.83. The van der Waals surface area contributed by atoms with Crippen LogP contribution in [-0.2, 0) is 0 Å². The minimum absolute atomic E-state index is 1.25. The normalized spacial score (nSPS) is 5.45. The lowest BCUT2D eigenvalue weighted by molar-refractivity contribution is 1.02. The molecule has 1 heteroatoms. The first-order valence-corrected chi connectivity index (χ1v) is 4.83. The molecule has 0 aliphatic carbocycles. The van der Waals surface area contributed by atoms with Crippen molar-refractivity contribution >= 4 is 0 Å². The van der Waals surface area contributed by atoms with Crippen molar-refractivity contribution in [1.82, 2.24) is 5.32 Å². The summed E-state index contributed by atoms with van der Waals surface area (Å²) in [7, 11) is 3.75. The molecule has 0 atom stereocenters. The molecule has 0 amide bonds. The standard InChI is InChI=1S/2C3H8.C2H7N.C2H6/c3*1-3-2;1-2/h2*3H2,1-2H3;3H,1-2H3;1-2H3. The number of nitrogens with one attached hydrogen (secondary N) is 1. The van der Waals surface area contributed by atoms with E-state index < -0.39 is 0 Å². The second-order valence-electron chi connectivity index (χ2n) is 1.91. The molecule has 0 heterocycles. The van der Waals surface area contributed by atoms with Crippen LogP contribution in [0.4, 0.5) is 0 Å². The molecule has 0 saturated heterocycles. The average Bonchev–Trinajstić information content (AvgIpc) is 1.96. The van der Waals surface area contributed by atoms with E-state index >= 15 is 0 Å². The first-order chi connectivity index (χ1) is 5.24. The Kier molecular flexibility index (Phi) is 186. The van der Waals surface area contributed by atoms with Crippen LogP contribution in [-0.4, -0.2) is 14.1 Å². The quantitative estimate of drug-likeness (QED) is 0.574. The Labute approximate surface area is 74.6 Å². The van der Waals surface area contributed by atoms with E-state index in [1.807, 2.05) is 27.9 Å². The lowest BCUT2D eigenvalue weighted by Gasteiger charge is -1.59. The minimum Gasteiger partial charge on any atom is -0.323 e. The molecular weight excluding hydrogens is 134 g/mol. The molecule has 1 nitrogen and oxygen atoms in total. The molecule has 0 aromatic heterocycles. The summed E-state index contributed by atoms with van der Waals surface area (Å²) in [4.78, 5) is 0. The van der Waals surface area contributed by atoms with Gasteiger partial charge in [-0.3, -0.25) is 0 Å². The highest BCUT2D eigenvalue weighted by Crippen LogP contribution is 1.56. The lowest BCUT2D eigenvalue weighted by Crippen LogP contribution is -1.89. The summed E-state index contributed by atoms with van der Waals surface area (Å²) < 4.78 is 0. The van der Waals surface area contributed by atoms with Crippen molar-refractivity contribution in [3.8, 4) is 0 Å². The van der Waals surface area contributed by atoms with E-state index in [9.17, 15) is 0 Å². The van der Waals surface area contributed by atoms with Gasteiger partial charge >= 0.3 is 0 Å². The average molecular weight is 163 g/mol. The van der Waals surface area contributed by atoms with Crippen molar-refractivity contribution in [3.05, 3.63) is 0 Å². The van der Waals surface area contributed by atoms with Crippen LogP contribution in [0, 0.1) is 0 Å². The van der Waals surface area contributed by atoms with Crippen molar-refractivity contribution in [2.24, 2.45) is 0 Å². The highest BCUT2D eigenvalue weighted by atomic mass is 14.7. The monoisotopic (exact) mass is 163 g/mol. The molecule has 0 aromatic carbocycles. The van der Waals surface area contributed by atoms with Gasteiger partial charge in [-0.1, -0.05) is 54.4 Å². The third kappa shape index (κ3) is 394000. The number of rotatable bonds is 0. The third-order valence-electron chi connectivity index (χ3n) is 0. The Bertz CT molecular complexity index is 9.59. The Morgan fingerprint density at radius 2 is 0.727 bits per heavy atom. The molecule has 0 aromatic rings. The van der Waals surface area contributed by atoms with Crippen molar-refractivity contribution in [2.75, 3.05) is 14.1 Å². The largest absolute Gasteiger partial charge is 0.323 e. The van der Waals surface area contributed by atoms with E-state index in [4.69, 9.17) is 0 Å². The van der Waals surface area contributed by atoms with Gasteiger partial charge in [-0.05, 0) is 14.1 Å². The highest BCUT2D eigenvalue weighted by molar-refractivity contribution is 3.92. The van der Waals surface area contributed by atoms with Gasteiger partial charge in [0.25, 0.3) is 0 Å². The van der Waals surface area contributed by atoms with Gasteiger partial charge in [-0.2, -0.15) is 0 Å². The fourth-order valence-corrected chi connectivity index (χ4v) is 0. The summed E-state index contributed by atoms with van der Waals surface area (Å²) in [6.45, 7) is 12.5. The van der Waals surface area contributed by atoms with Crippen LogP contribution in [0.2, 0.25) is 0 Å². The maximum atomic E-state index is 2.75. The Balaban J connectivity index is -0.0000000301. The molecule has 0 rings (SSSR count). The molecule has 0 aliphatic heterocycles. The molecular formula is C10H29N. The molecule has 11 heavy (non-hydrogen) atoms.